The first-order valence-electron chi connectivity index (χ1n) is 10.3. The second-order valence-electron chi connectivity index (χ2n) is 9.21. The van der Waals surface area contributed by atoms with Gasteiger partial charge in [-0.1, -0.05) is 57.3 Å². The molecule has 0 bridgehead atoms. The molecule has 1 aliphatic carbocycles. The fraction of sp³-hybridized carbons (Fsp3) is 0.500. The van der Waals surface area contributed by atoms with Crippen LogP contribution in [-0.4, -0.2) is 20.8 Å². The first-order valence-corrected chi connectivity index (χ1v) is 11.1. The van der Waals surface area contributed by atoms with E-state index in [0.29, 0.717) is 23.7 Å². The van der Waals surface area contributed by atoms with Crippen molar-refractivity contribution in [2.24, 2.45) is 5.41 Å². The summed E-state index contributed by atoms with van der Waals surface area (Å²) in [7, 11) is 0. The van der Waals surface area contributed by atoms with Gasteiger partial charge in [0, 0.05) is 10.9 Å². The van der Waals surface area contributed by atoms with Crippen molar-refractivity contribution in [2.75, 3.05) is 0 Å². The number of benzene rings is 1. The Morgan fingerprint density at radius 3 is 2.67 bits per heavy atom. The molecule has 1 saturated carbocycles. The summed E-state index contributed by atoms with van der Waals surface area (Å²) in [6.45, 7) is 6.01. The maximum Gasteiger partial charge on any atom is 0.439 e. The number of carbonyl (C=O) groups excluding carboxylic acids is 1. The summed E-state index contributed by atoms with van der Waals surface area (Å²) in [5.41, 5.74) is 2.44. The minimum atomic E-state index is -0.610. The number of H-pyrrole nitrogens is 1. The zero-order valence-corrected chi connectivity index (χ0v) is 19.0. The molecule has 0 spiro atoms. The number of nitrogens with zero attached hydrogens (tertiary/aromatic N) is 2. The molecule has 0 saturated heterocycles. The van der Waals surface area contributed by atoms with Crippen molar-refractivity contribution in [1.29, 1.82) is 0 Å². The molecule has 30 heavy (non-hydrogen) atoms. The van der Waals surface area contributed by atoms with Crippen LogP contribution in [0.5, 0.6) is 0 Å². The van der Waals surface area contributed by atoms with E-state index in [9.17, 15) is 9.59 Å². The number of fused-ring (bicyclic) bond motifs is 1. The third kappa shape index (κ3) is 4.24. The number of hydrogen-bond donors (Lipinski definition) is 1. The predicted octanol–water partition coefficient (Wildman–Crippen LogP) is 5.19. The maximum atomic E-state index is 12.6. The van der Waals surface area contributed by atoms with Crippen LogP contribution in [0.1, 0.15) is 70.8 Å². The lowest BCUT2D eigenvalue weighted by Crippen LogP contribution is -2.24. The zero-order valence-electron chi connectivity index (χ0n) is 17.5. The Bertz CT molecular complexity index is 1130. The Morgan fingerprint density at radius 1 is 1.30 bits per heavy atom. The molecule has 0 atom stereocenters. The topological polar surface area (TPSA) is 90.1 Å². The summed E-state index contributed by atoms with van der Waals surface area (Å²) in [5.74, 6) is -0.154. The van der Waals surface area contributed by atoms with Gasteiger partial charge in [-0.25, -0.2) is 9.59 Å². The number of carbonyl (C=O) groups is 1. The van der Waals surface area contributed by atoms with Gasteiger partial charge >= 0.3 is 11.7 Å². The molecule has 7 nitrogen and oxygen atoms in total. The van der Waals surface area contributed by atoms with E-state index >= 15 is 0 Å². The lowest BCUT2D eigenvalue weighted by molar-refractivity contribution is -0.145. The Hall–Kier alpha value is -2.35. The third-order valence-electron chi connectivity index (χ3n) is 5.50. The Labute approximate surface area is 182 Å². The van der Waals surface area contributed by atoms with Crippen molar-refractivity contribution < 1.29 is 14.2 Å². The largest absolute Gasteiger partial charge is 0.439 e. The van der Waals surface area contributed by atoms with Crippen LogP contribution in [0.4, 0.5) is 0 Å². The first-order chi connectivity index (χ1) is 14.2. The van der Waals surface area contributed by atoms with Gasteiger partial charge in [-0.15, -0.1) is 0 Å². The number of nitrogens with one attached hydrogen (secondary N) is 1. The summed E-state index contributed by atoms with van der Waals surface area (Å²) in [6, 6.07) is 5.77. The number of aromatic amines is 1. The second kappa shape index (κ2) is 8.06. The summed E-state index contributed by atoms with van der Waals surface area (Å²) in [6.07, 6.45) is 6.20. The second-order valence-corrected chi connectivity index (χ2v) is 9.96. The van der Waals surface area contributed by atoms with E-state index < -0.39 is 5.76 Å². The van der Waals surface area contributed by atoms with Crippen LogP contribution >= 0.6 is 15.9 Å². The summed E-state index contributed by atoms with van der Waals surface area (Å²) < 4.78 is 7.00. The molecule has 0 aliphatic heterocycles. The van der Waals surface area contributed by atoms with Crippen molar-refractivity contribution in [3.8, 4) is 11.4 Å². The Kier molecular flexibility index (Phi) is 5.61. The van der Waals surface area contributed by atoms with Crippen molar-refractivity contribution in [3.63, 3.8) is 0 Å². The van der Waals surface area contributed by atoms with E-state index in [0.717, 1.165) is 28.3 Å². The van der Waals surface area contributed by atoms with Gasteiger partial charge in [0.15, 0.2) is 5.82 Å². The normalized spacial score (nSPS) is 15.6. The van der Waals surface area contributed by atoms with E-state index in [-0.39, 0.29) is 11.4 Å². The molecule has 160 valence electrons. The molecule has 0 unspecified atom stereocenters. The molecule has 0 radical (unpaired) electrons. The van der Waals surface area contributed by atoms with Gasteiger partial charge in [0.1, 0.15) is 4.60 Å². The van der Waals surface area contributed by atoms with Crippen LogP contribution < -0.4 is 10.6 Å². The highest BCUT2D eigenvalue weighted by Gasteiger charge is 2.27. The fourth-order valence-electron chi connectivity index (χ4n) is 4.19. The van der Waals surface area contributed by atoms with E-state index in [1.807, 2.05) is 39.0 Å². The highest BCUT2D eigenvalue weighted by Crippen LogP contribution is 2.42. The smallest absolute Gasteiger partial charge is 0.335 e. The average molecular weight is 476 g/mol. The van der Waals surface area contributed by atoms with Gasteiger partial charge in [-0.3, -0.25) is 9.51 Å². The number of aromatic nitrogens is 3. The summed E-state index contributed by atoms with van der Waals surface area (Å²) in [5, 5.41) is 4.81. The van der Waals surface area contributed by atoms with E-state index in [1.54, 1.807) is 4.73 Å². The number of hydrogen-bond acceptors (Lipinski definition) is 5. The average Bonchev–Trinajstić information content (AvgIpc) is 3.22. The fourth-order valence-corrected chi connectivity index (χ4v) is 4.99. The van der Waals surface area contributed by atoms with Gasteiger partial charge < -0.3 is 4.84 Å². The molecule has 4 rings (SSSR count). The summed E-state index contributed by atoms with van der Waals surface area (Å²) in [4.78, 5) is 32.4. The molecule has 0 amide bonds. The van der Waals surface area contributed by atoms with Crippen molar-refractivity contribution in [1.82, 2.24) is 14.9 Å². The molecule has 1 N–H and O–H groups in total. The SMILES string of the molecule is CC(C)(C)CC(=O)On1c(Br)c(C2CCCCC2)c2ccc(-c3noc(=O)[nH]3)cc21. The van der Waals surface area contributed by atoms with Crippen LogP contribution in [0.2, 0.25) is 0 Å². The van der Waals surface area contributed by atoms with Crippen molar-refractivity contribution >= 4 is 32.8 Å². The quantitative estimate of drug-likeness (QED) is 0.560. The molecule has 2 heterocycles. The highest BCUT2D eigenvalue weighted by molar-refractivity contribution is 9.10. The van der Waals surface area contributed by atoms with E-state index in [4.69, 9.17) is 4.84 Å². The molecule has 1 aliphatic rings. The maximum absolute atomic E-state index is 12.6. The number of rotatable bonds is 4. The lowest BCUT2D eigenvalue weighted by atomic mass is 9.84. The molecular formula is C22H26BrN3O4. The summed E-state index contributed by atoms with van der Waals surface area (Å²) >= 11 is 3.72. The van der Waals surface area contributed by atoms with Gasteiger partial charge in [0.05, 0.1) is 11.9 Å². The zero-order chi connectivity index (χ0) is 21.5. The van der Waals surface area contributed by atoms with Crippen molar-refractivity contribution in [3.05, 3.63) is 38.9 Å². The van der Waals surface area contributed by atoms with Crippen LogP contribution in [0.25, 0.3) is 22.3 Å². The van der Waals surface area contributed by atoms with Gasteiger partial charge in [0.25, 0.3) is 0 Å². The monoisotopic (exact) mass is 475 g/mol. The highest BCUT2D eigenvalue weighted by atomic mass is 79.9. The Morgan fingerprint density at radius 2 is 2.03 bits per heavy atom. The molecular weight excluding hydrogens is 450 g/mol. The van der Waals surface area contributed by atoms with E-state index in [1.165, 1.54) is 24.8 Å². The molecule has 2 aromatic heterocycles. The van der Waals surface area contributed by atoms with Gasteiger partial charge in [0.2, 0.25) is 0 Å². The van der Waals surface area contributed by atoms with Gasteiger partial charge in [-0.05, 0) is 51.7 Å². The minimum Gasteiger partial charge on any atom is -0.335 e. The van der Waals surface area contributed by atoms with Crippen LogP contribution in [0.15, 0.2) is 32.1 Å². The van der Waals surface area contributed by atoms with E-state index in [2.05, 4.69) is 30.6 Å². The molecule has 1 aromatic carbocycles. The Balaban J connectivity index is 1.82. The number of halogens is 1. The predicted molar refractivity (Wildman–Crippen MR) is 117 cm³/mol. The first kappa shape index (κ1) is 20.9. The third-order valence-corrected chi connectivity index (χ3v) is 6.25. The molecule has 1 fully saturated rings. The standard InChI is InChI=1S/C22H26BrN3O4/c1-22(2,3)12-17(27)30-26-16-11-14(20-24-21(28)29-25-20)9-10-15(16)18(19(26)23)13-7-5-4-6-8-13/h9-11,13H,4-8,12H2,1-3H3,(H,24,25,28). The minimum absolute atomic E-state index is 0.177. The van der Waals surface area contributed by atoms with Crippen LogP contribution in [0, 0.1) is 5.41 Å². The molecule has 8 heteroatoms. The van der Waals surface area contributed by atoms with Gasteiger partial charge in [-0.2, -0.15) is 4.73 Å². The van der Waals surface area contributed by atoms with Crippen molar-refractivity contribution in [2.45, 2.75) is 65.2 Å². The lowest BCUT2D eigenvalue weighted by Gasteiger charge is -2.22. The molecule has 3 aromatic rings. The van der Waals surface area contributed by atoms with Crippen LogP contribution in [0.3, 0.4) is 0 Å². The van der Waals surface area contributed by atoms with Crippen LogP contribution in [-0.2, 0) is 4.79 Å².